The Balaban J connectivity index is 2.28. The maximum Gasteiger partial charge on any atom is 0.332 e. The summed E-state index contributed by atoms with van der Waals surface area (Å²) in [6.45, 7) is 3.66. The molecule has 0 aliphatic heterocycles. The number of nitrogens with one attached hydrogen (secondary N) is 1. The number of rotatable bonds is 4. The summed E-state index contributed by atoms with van der Waals surface area (Å²) in [6.07, 6.45) is 2.08. The van der Waals surface area contributed by atoms with E-state index in [4.69, 9.17) is 5.73 Å². The predicted molar refractivity (Wildman–Crippen MR) is 63.6 cm³/mol. The van der Waals surface area contributed by atoms with Crippen LogP contribution in [0.2, 0.25) is 0 Å². The molecule has 0 radical (unpaired) electrons. The van der Waals surface area contributed by atoms with Gasteiger partial charge >= 0.3 is 5.69 Å². The lowest BCUT2D eigenvalue weighted by Gasteiger charge is -2.07. The van der Waals surface area contributed by atoms with Crippen molar-refractivity contribution in [2.45, 2.75) is 32.7 Å². The van der Waals surface area contributed by atoms with E-state index in [9.17, 15) is 10.1 Å². The van der Waals surface area contributed by atoms with E-state index in [0.717, 1.165) is 12.8 Å². The van der Waals surface area contributed by atoms with Gasteiger partial charge in [-0.15, -0.1) is 0 Å². The van der Waals surface area contributed by atoms with Gasteiger partial charge in [0, 0.05) is 6.04 Å². The van der Waals surface area contributed by atoms with Gasteiger partial charge in [-0.2, -0.15) is 4.98 Å². The summed E-state index contributed by atoms with van der Waals surface area (Å²) in [5.74, 6) is 0.872. The van der Waals surface area contributed by atoms with Crippen LogP contribution in [0.5, 0.6) is 0 Å². The van der Waals surface area contributed by atoms with E-state index in [0.29, 0.717) is 11.6 Å². The van der Waals surface area contributed by atoms with Crippen molar-refractivity contribution in [3.8, 4) is 0 Å². The zero-order chi connectivity index (χ0) is 12.6. The van der Waals surface area contributed by atoms with Crippen LogP contribution in [0, 0.1) is 23.0 Å². The molecule has 2 unspecified atom stereocenters. The minimum absolute atomic E-state index is 0.0595. The lowest BCUT2D eigenvalue weighted by atomic mass is 10.3. The summed E-state index contributed by atoms with van der Waals surface area (Å²) in [6, 6.07) is 0.271. The van der Waals surface area contributed by atoms with Gasteiger partial charge in [0.05, 0.1) is 4.92 Å². The smallest absolute Gasteiger partial charge is 0.332 e. The molecule has 2 atom stereocenters. The highest BCUT2D eigenvalue weighted by molar-refractivity contribution is 5.61. The molecule has 3 N–H and O–H groups in total. The van der Waals surface area contributed by atoms with Crippen LogP contribution < -0.4 is 11.1 Å². The van der Waals surface area contributed by atoms with Crippen LogP contribution in [-0.2, 0) is 0 Å². The first kappa shape index (κ1) is 11.6. The predicted octanol–water partition coefficient (Wildman–Crippen LogP) is 1.49. The monoisotopic (exact) mass is 237 g/mol. The summed E-state index contributed by atoms with van der Waals surface area (Å²) in [5.41, 5.74) is 5.71. The van der Waals surface area contributed by atoms with Crippen LogP contribution in [0.1, 0.15) is 25.5 Å². The van der Waals surface area contributed by atoms with Crippen LogP contribution in [0.3, 0.4) is 0 Å². The molecule has 1 fully saturated rings. The zero-order valence-electron chi connectivity index (χ0n) is 9.80. The molecular weight excluding hydrogens is 222 g/mol. The van der Waals surface area contributed by atoms with Crippen LogP contribution in [0.25, 0.3) is 0 Å². The van der Waals surface area contributed by atoms with Gasteiger partial charge in [0.15, 0.2) is 0 Å². The van der Waals surface area contributed by atoms with Crippen LogP contribution in [0.4, 0.5) is 17.5 Å². The van der Waals surface area contributed by atoms with Crippen molar-refractivity contribution in [2.24, 2.45) is 5.92 Å². The van der Waals surface area contributed by atoms with Crippen LogP contribution in [0.15, 0.2) is 0 Å². The first-order valence-electron chi connectivity index (χ1n) is 5.58. The molecule has 1 aromatic heterocycles. The highest BCUT2D eigenvalue weighted by atomic mass is 16.6. The molecule has 7 heteroatoms. The number of hydrogen-bond acceptors (Lipinski definition) is 6. The summed E-state index contributed by atoms with van der Waals surface area (Å²) >= 11 is 0. The fourth-order valence-corrected chi connectivity index (χ4v) is 1.96. The Hall–Kier alpha value is -1.92. The van der Waals surface area contributed by atoms with E-state index in [1.54, 1.807) is 6.92 Å². The van der Waals surface area contributed by atoms with E-state index in [1.165, 1.54) is 0 Å². The molecule has 7 nitrogen and oxygen atoms in total. The fourth-order valence-electron chi connectivity index (χ4n) is 1.96. The second-order valence-corrected chi connectivity index (χ2v) is 4.28. The quantitative estimate of drug-likeness (QED) is 0.606. The number of nitrogen functional groups attached to an aromatic ring is 1. The normalized spacial score (nSPS) is 22.2. The minimum atomic E-state index is -0.472. The maximum atomic E-state index is 11.0. The van der Waals surface area contributed by atoms with Gasteiger partial charge in [-0.05, 0) is 19.3 Å². The van der Waals surface area contributed by atoms with E-state index in [-0.39, 0.29) is 23.5 Å². The molecule has 1 aromatic rings. The maximum absolute atomic E-state index is 11.0. The zero-order valence-corrected chi connectivity index (χ0v) is 9.80. The molecule has 0 bridgehead atoms. The van der Waals surface area contributed by atoms with Crippen molar-refractivity contribution in [3.63, 3.8) is 0 Å². The molecule has 2 rings (SSSR count). The third kappa shape index (κ3) is 2.27. The molecule has 1 aliphatic rings. The first-order chi connectivity index (χ1) is 8.02. The van der Waals surface area contributed by atoms with Crippen molar-refractivity contribution in [3.05, 3.63) is 15.8 Å². The summed E-state index contributed by atoms with van der Waals surface area (Å²) in [4.78, 5) is 18.2. The standard InChI is InChI=1S/C10H15N5O2/c1-3-6-4-7(6)13-9-8(15(16)17)5(2)12-10(11)14-9/h6-7H,3-4H2,1-2H3,(H3,11,12,13,14). The van der Waals surface area contributed by atoms with Gasteiger partial charge < -0.3 is 11.1 Å². The van der Waals surface area contributed by atoms with Crippen molar-refractivity contribution in [2.75, 3.05) is 11.1 Å². The van der Waals surface area contributed by atoms with E-state index >= 15 is 0 Å². The third-order valence-corrected chi connectivity index (χ3v) is 3.03. The Morgan fingerprint density at radius 3 is 2.82 bits per heavy atom. The summed E-state index contributed by atoms with van der Waals surface area (Å²) in [5, 5.41) is 14.0. The van der Waals surface area contributed by atoms with Crippen molar-refractivity contribution < 1.29 is 4.92 Å². The van der Waals surface area contributed by atoms with Crippen LogP contribution in [-0.4, -0.2) is 20.9 Å². The Kier molecular flexibility index (Phi) is 2.83. The van der Waals surface area contributed by atoms with Crippen LogP contribution >= 0.6 is 0 Å². The highest BCUT2D eigenvalue weighted by Crippen LogP contribution is 2.38. The molecule has 92 valence electrons. The molecule has 1 saturated carbocycles. The molecule has 17 heavy (non-hydrogen) atoms. The Labute approximate surface area is 98.6 Å². The third-order valence-electron chi connectivity index (χ3n) is 3.03. The van der Waals surface area contributed by atoms with E-state index in [1.807, 2.05) is 0 Å². The Bertz CT molecular complexity index is 462. The Morgan fingerprint density at radius 2 is 2.29 bits per heavy atom. The van der Waals surface area contributed by atoms with Gasteiger partial charge in [-0.1, -0.05) is 13.3 Å². The number of aromatic nitrogens is 2. The van der Waals surface area contributed by atoms with Gasteiger partial charge in [0.2, 0.25) is 11.8 Å². The lowest BCUT2D eigenvalue weighted by molar-refractivity contribution is -0.385. The molecule has 1 aliphatic carbocycles. The van der Waals surface area contributed by atoms with Crippen molar-refractivity contribution in [1.82, 2.24) is 9.97 Å². The molecule has 1 heterocycles. The van der Waals surface area contributed by atoms with Crippen molar-refractivity contribution in [1.29, 1.82) is 0 Å². The first-order valence-corrected chi connectivity index (χ1v) is 5.58. The Morgan fingerprint density at radius 1 is 1.59 bits per heavy atom. The molecule has 0 spiro atoms. The topological polar surface area (TPSA) is 107 Å². The van der Waals surface area contributed by atoms with Crippen molar-refractivity contribution >= 4 is 17.5 Å². The van der Waals surface area contributed by atoms with E-state index in [2.05, 4.69) is 22.2 Å². The molecule has 0 amide bonds. The van der Waals surface area contributed by atoms with E-state index < -0.39 is 4.92 Å². The number of anilines is 2. The SMILES string of the molecule is CCC1CC1Nc1nc(N)nc(C)c1[N+](=O)[O-]. The van der Waals surface area contributed by atoms with Gasteiger partial charge in [-0.25, -0.2) is 4.98 Å². The number of nitrogens with two attached hydrogens (primary N) is 1. The number of hydrogen-bond donors (Lipinski definition) is 2. The van der Waals surface area contributed by atoms with Gasteiger partial charge in [0.1, 0.15) is 5.69 Å². The number of nitro groups is 1. The largest absolute Gasteiger partial charge is 0.368 e. The molecule has 0 saturated heterocycles. The second-order valence-electron chi connectivity index (χ2n) is 4.28. The second kappa shape index (κ2) is 4.15. The van der Waals surface area contributed by atoms with Gasteiger partial charge in [-0.3, -0.25) is 10.1 Å². The minimum Gasteiger partial charge on any atom is -0.368 e. The average molecular weight is 237 g/mol. The summed E-state index contributed by atoms with van der Waals surface area (Å²) in [7, 11) is 0. The number of nitrogens with zero attached hydrogens (tertiary/aromatic N) is 3. The summed E-state index contributed by atoms with van der Waals surface area (Å²) < 4.78 is 0. The molecule has 0 aromatic carbocycles. The number of aryl methyl sites for hydroxylation is 1. The average Bonchev–Trinajstić information content (AvgIpc) is 2.94. The molecular formula is C10H15N5O2. The fraction of sp³-hybridized carbons (Fsp3) is 0.600. The van der Waals surface area contributed by atoms with Gasteiger partial charge in [0.25, 0.3) is 0 Å². The lowest BCUT2D eigenvalue weighted by Crippen LogP contribution is -2.12. The highest BCUT2D eigenvalue weighted by Gasteiger charge is 2.37.